The number of guanidine groups is 1. The number of ether oxygens (including phenoxy) is 1. The van der Waals surface area contributed by atoms with E-state index in [9.17, 15) is 4.79 Å². The first kappa shape index (κ1) is 26.4. The number of aryl methyl sites for hydroxylation is 1. The first-order chi connectivity index (χ1) is 15.0. The van der Waals surface area contributed by atoms with Crippen LogP contribution < -0.4 is 10.6 Å². The first-order valence-electron chi connectivity index (χ1n) is 11.1. The molecular weight excluding hydrogens is 519 g/mol. The van der Waals surface area contributed by atoms with Gasteiger partial charge in [-0.1, -0.05) is 12.1 Å². The van der Waals surface area contributed by atoms with Crippen LogP contribution in [0.4, 0.5) is 0 Å². The average molecular weight is 556 g/mol. The average Bonchev–Trinajstić information content (AvgIpc) is 3.19. The van der Waals surface area contributed by atoms with E-state index in [0.29, 0.717) is 5.96 Å². The number of rotatable bonds is 9. The van der Waals surface area contributed by atoms with Crippen molar-refractivity contribution in [1.82, 2.24) is 25.4 Å². The van der Waals surface area contributed by atoms with Crippen molar-refractivity contribution in [1.29, 1.82) is 0 Å². The number of aliphatic imine (C=N–C) groups is 1. The number of morpholine rings is 1. The topological polar surface area (TPSA) is 85.0 Å². The monoisotopic (exact) mass is 556 g/mol. The summed E-state index contributed by atoms with van der Waals surface area (Å²) >= 11 is 0. The number of H-pyrrole nitrogens is 1. The van der Waals surface area contributed by atoms with Gasteiger partial charge in [-0.15, -0.1) is 24.0 Å². The number of carbonyl (C=O) groups is 1. The fourth-order valence-corrected chi connectivity index (χ4v) is 3.76. The Morgan fingerprint density at radius 2 is 1.97 bits per heavy atom. The molecule has 1 aromatic heterocycles. The minimum Gasteiger partial charge on any atom is -0.379 e. The van der Waals surface area contributed by atoms with Gasteiger partial charge in [-0.3, -0.25) is 9.69 Å². The van der Waals surface area contributed by atoms with E-state index in [1.807, 2.05) is 0 Å². The molecule has 0 atom stereocenters. The van der Waals surface area contributed by atoms with Crippen LogP contribution in [0.2, 0.25) is 0 Å². The van der Waals surface area contributed by atoms with Crippen molar-refractivity contribution < 1.29 is 9.53 Å². The molecule has 0 aliphatic carbocycles. The maximum atomic E-state index is 12.0. The van der Waals surface area contributed by atoms with Crippen LogP contribution in [0.3, 0.4) is 0 Å². The summed E-state index contributed by atoms with van der Waals surface area (Å²) < 4.78 is 5.40. The van der Waals surface area contributed by atoms with E-state index in [-0.39, 0.29) is 36.4 Å². The third-order valence-electron chi connectivity index (χ3n) is 5.60. The van der Waals surface area contributed by atoms with Crippen molar-refractivity contribution in [3.8, 4) is 0 Å². The zero-order valence-corrected chi connectivity index (χ0v) is 21.8. The summed E-state index contributed by atoms with van der Waals surface area (Å²) in [6, 6.07) is 6.32. The number of amides is 1. The van der Waals surface area contributed by atoms with Crippen molar-refractivity contribution in [2.45, 2.75) is 19.8 Å². The smallest absolute Gasteiger partial charge is 0.243 e. The predicted molar refractivity (Wildman–Crippen MR) is 141 cm³/mol. The molecule has 1 aliphatic heterocycles. The number of fused-ring (bicyclic) bond motifs is 1. The zero-order chi connectivity index (χ0) is 22.1. The summed E-state index contributed by atoms with van der Waals surface area (Å²) in [4.78, 5) is 23.8. The molecule has 0 spiro atoms. The lowest BCUT2D eigenvalue weighted by Gasteiger charge is -2.26. The van der Waals surface area contributed by atoms with Crippen molar-refractivity contribution >= 4 is 46.7 Å². The molecule has 3 rings (SSSR count). The molecule has 0 unspecified atom stereocenters. The van der Waals surface area contributed by atoms with Gasteiger partial charge in [0, 0.05) is 57.4 Å². The molecule has 178 valence electrons. The summed E-state index contributed by atoms with van der Waals surface area (Å²) in [5.41, 5.74) is 3.74. The van der Waals surface area contributed by atoms with Crippen LogP contribution in [0.25, 0.3) is 10.9 Å². The van der Waals surface area contributed by atoms with Crippen LogP contribution in [-0.4, -0.2) is 93.2 Å². The van der Waals surface area contributed by atoms with Crippen LogP contribution in [0.5, 0.6) is 0 Å². The molecule has 8 nitrogen and oxygen atoms in total. The highest BCUT2D eigenvalue weighted by Gasteiger charge is 2.10. The largest absolute Gasteiger partial charge is 0.379 e. The Kier molecular flexibility index (Phi) is 11.3. The van der Waals surface area contributed by atoms with E-state index in [1.165, 1.54) is 22.0 Å². The minimum atomic E-state index is -0.0123. The Labute approximate surface area is 208 Å². The third kappa shape index (κ3) is 7.93. The SMILES string of the molecule is Cc1cccc2[nH]cc(CCNC(=NCC(=O)N(C)C)NCCCN3CCOCC3)c12.I. The number of hydrogen-bond acceptors (Lipinski definition) is 4. The van der Waals surface area contributed by atoms with E-state index in [4.69, 9.17) is 4.74 Å². The normalized spacial score (nSPS) is 14.8. The van der Waals surface area contributed by atoms with Gasteiger partial charge in [-0.25, -0.2) is 4.99 Å². The molecule has 2 heterocycles. The van der Waals surface area contributed by atoms with E-state index in [0.717, 1.165) is 58.8 Å². The van der Waals surface area contributed by atoms with E-state index < -0.39 is 0 Å². The molecule has 1 amide bonds. The van der Waals surface area contributed by atoms with Crippen molar-refractivity contribution in [2.75, 3.05) is 66.6 Å². The Morgan fingerprint density at radius 1 is 1.22 bits per heavy atom. The number of nitrogens with zero attached hydrogens (tertiary/aromatic N) is 3. The second-order valence-corrected chi connectivity index (χ2v) is 8.18. The lowest BCUT2D eigenvalue weighted by molar-refractivity contribution is -0.127. The standard InChI is InChI=1S/C23H36N6O2.HI/c1-18-6-4-7-20-22(18)19(16-26-20)8-10-25-23(27-17-21(30)28(2)3)24-9-5-11-29-12-14-31-15-13-29;/h4,6-7,16,26H,5,8-15,17H2,1-3H3,(H2,24,25,27);1H. The van der Waals surface area contributed by atoms with Crippen molar-refractivity contribution in [2.24, 2.45) is 4.99 Å². The summed E-state index contributed by atoms with van der Waals surface area (Å²) in [5.74, 6) is 0.676. The molecule has 1 saturated heterocycles. The van der Waals surface area contributed by atoms with E-state index >= 15 is 0 Å². The number of aromatic nitrogens is 1. The molecule has 32 heavy (non-hydrogen) atoms. The summed E-state index contributed by atoms with van der Waals surface area (Å²) in [6.07, 6.45) is 3.98. The number of hydrogen-bond donors (Lipinski definition) is 3. The van der Waals surface area contributed by atoms with Crippen LogP contribution in [0.15, 0.2) is 29.4 Å². The number of nitrogens with one attached hydrogen (secondary N) is 3. The maximum absolute atomic E-state index is 12.0. The summed E-state index contributed by atoms with van der Waals surface area (Å²) in [5, 5.41) is 8.08. The maximum Gasteiger partial charge on any atom is 0.243 e. The zero-order valence-electron chi connectivity index (χ0n) is 19.4. The van der Waals surface area contributed by atoms with Gasteiger partial charge < -0.3 is 25.3 Å². The molecule has 0 radical (unpaired) electrons. The molecule has 1 aromatic carbocycles. The van der Waals surface area contributed by atoms with Gasteiger partial charge in [0.2, 0.25) is 5.91 Å². The molecular formula is C23H37IN6O2. The van der Waals surface area contributed by atoms with Gasteiger partial charge in [-0.05, 0) is 43.5 Å². The van der Waals surface area contributed by atoms with Gasteiger partial charge in [-0.2, -0.15) is 0 Å². The Bertz CT molecular complexity index is 876. The lowest BCUT2D eigenvalue weighted by Crippen LogP contribution is -2.41. The Balaban J connectivity index is 0.00000363. The predicted octanol–water partition coefficient (Wildman–Crippen LogP) is 1.98. The second-order valence-electron chi connectivity index (χ2n) is 8.18. The number of likely N-dealkylation sites (N-methyl/N-ethyl adjacent to an activating group) is 1. The molecule has 1 fully saturated rings. The van der Waals surface area contributed by atoms with Gasteiger partial charge in [0.15, 0.2) is 5.96 Å². The van der Waals surface area contributed by atoms with Gasteiger partial charge in [0.1, 0.15) is 6.54 Å². The van der Waals surface area contributed by atoms with Crippen molar-refractivity contribution in [3.63, 3.8) is 0 Å². The van der Waals surface area contributed by atoms with Crippen LogP contribution in [0, 0.1) is 6.92 Å². The molecule has 0 saturated carbocycles. The molecule has 3 N–H and O–H groups in total. The second kappa shape index (κ2) is 13.6. The van der Waals surface area contributed by atoms with Crippen LogP contribution in [0.1, 0.15) is 17.5 Å². The summed E-state index contributed by atoms with van der Waals surface area (Å²) in [7, 11) is 3.50. The quantitative estimate of drug-likeness (QED) is 0.191. The molecule has 1 aliphatic rings. The highest BCUT2D eigenvalue weighted by atomic mass is 127. The number of aromatic amines is 1. The first-order valence-corrected chi connectivity index (χ1v) is 11.1. The third-order valence-corrected chi connectivity index (χ3v) is 5.60. The van der Waals surface area contributed by atoms with Crippen molar-refractivity contribution in [3.05, 3.63) is 35.5 Å². The fraction of sp³-hybridized carbons (Fsp3) is 0.565. The van der Waals surface area contributed by atoms with Gasteiger partial charge >= 0.3 is 0 Å². The van der Waals surface area contributed by atoms with E-state index in [2.05, 4.69) is 56.8 Å². The lowest BCUT2D eigenvalue weighted by atomic mass is 10.1. The molecule has 2 aromatic rings. The summed E-state index contributed by atoms with van der Waals surface area (Å²) in [6.45, 7) is 8.51. The minimum absolute atomic E-state index is 0. The Morgan fingerprint density at radius 3 is 2.72 bits per heavy atom. The number of carbonyl (C=O) groups excluding carboxylic acids is 1. The van der Waals surface area contributed by atoms with Crippen LogP contribution in [-0.2, 0) is 16.0 Å². The highest BCUT2D eigenvalue weighted by molar-refractivity contribution is 14.0. The number of halogens is 1. The fourth-order valence-electron chi connectivity index (χ4n) is 3.76. The Hall–Kier alpha value is -1.85. The highest BCUT2D eigenvalue weighted by Crippen LogP contribution is 2.22. The molecule has 0 bridgehead atoms. The number of benzene rings is 1. The van der Waals surface area contributed by atoms with Gasteiger partial charge in [0.05, 0.1) is 13.2 Å². The molecule has 9 heteroatoms. The van der Waals surface area contributed by atoms with Gasteiger partial charge in [0.25, 0.3) is 0 Å². The van der Waals surface area contributed by atoms with E-state index in [1.54, 1.807) is 19.0 Å². The van der Waals surface area contributed by atoms with Crippen LogP contribution >= 0.6 is 24.0 Å².